The SMILES string of the molecule is C=CC(=O)OCCO.C[Si](C)(C)Cl. The van der Waals surface area contributed by atoms with Gasteiger partial charge in [0.25, 0.3) is 0 Å². The van der Waals surface area contributed by atoms with Crippen LogP contribution in [0.3, 0.4) is 0 Å². The molecule has 0 heterocycles. The van der Waals surface area contributed by atoms with Crippen molar-refractivity contribution < 1.29 is 14.6 Å². The van der Waals surface area contributed by atoms with E-state index in [0.717, 1.165) is 6.08 Å². The van der Waals surface area contributed by atoms with Gasteiger partial charge in [-0.1, -0.05) is 26.2 Å². The van der Waals surface area contributed by atoms with Crippen molar-refractivity contribution in [2.75, 3.05) is 13.2 Å². The molecule has 0 aliphatic rings. The molecule has 0 spiro atoms. The summed E-state index contributed by atoms with van der Waals surface area (Å²) in [6, 6.07) is 0. The van der Waals surface area contributed by atoms with Crippen LogP contribution in [-0.4, -0.2) is 31.7 Å². The molecule has 0 unspecified atom stereocenters. The van der Waals surface area contributed by atoms with Gasteiger partial charge in [-0.3, -0.25) is 0 Å². The molecule has 0 aromatic heterocycles. The molecule has 0 bridgehead atoms. The highest BCUT2D eigenvalue weighted by molar-refractivity contribution is 7.18. The Labute approximate surface area is 85.1 Å². The second-order valence-corrected chi connectivity index (χ2v) is 10.7. The number of carbonyl (C=O) groups is 1. The Bertz CT molecular complexity index is 148. The summed E-state index contributed by atoms with van der Waals surface area (Å²) in [5.74, 6) is -0.501. The molecule has 0 fully saturated rings. The van der Waals surface area contributed by atoms with Gasteiger partial charge in [-0.15, -0.1) is 0 Å². The van der Waals surface area contributed by atoms with Crippen LogP contribution in [0.5, 0.6) is 0 Å². The summed E-state index contributed by atoms with van der Waals surface area (Å²) in [6.45, 7) is 9.34. The second-order valence-electron chi connectivity index (χ2n) is 3.16. The lowest BCUT2D eigenvalue weighted by molar-refractivity contribution is -0.138. The molecule has 1 N–H and O–H groups in total. The van der Waals surface area contributed by atoms with E-state index in [1.165, 1.54) is 0 Å². The summed E-state index contributed by atoms with van der Waals surface area (Å²) in [7, 11) is -1.14. The van der Waals surface area contributed by atoms with Crippen molar-refractivity contribution in [2.45, 2.75) is 19.6 Å². The van der Waals surface area contributed by atoms with Crippen LogP contribution in [0.15, 0.2) is 12.7 Å². The maximum Gasteiger partial charge on any atom is 0.330 e. The lowest BCUT2D eigenvalue weighted by atomic mass is 10.6. The van der Waals surface area contributed by atoms with Crippen molar-refractivity contribution in [1.29, 1.82) is 0 Å². The third kappa shape index (κ3) is 33.9. The summed E-state index contributed by atoms with van der Waals surface area (Å²) in [5.41, 5.74) is 0. The van der Waals surface area contributed by atoms with Crippen molar-refractivity contribution in [3.63, 3.8) is 0 Å². The van der Waals surface area contributed by atoms with Gasteiger partial charge in [-0.2, -0.15) is 11.1 Å². The lowest BCUT2D eigenvalue weighted by Gasteiger charge is -1.97. The smallest absolute Gasteiger partial charge is 0.330 e. The molecule has 0 saturated carbocycles. The molecule has 5 heteroatoms. The van der Waals surface area contributed by atoms with Crippen LogP contribution in [0.1, 0.15) is 0 Å². The third-order valence-electron chi connectivity index (χ3n) is 0.502. The van der Waals surface area contributed by atoms with Gasteiger partial charge in [-0.05, 0) is 0 Å². The number of halogens is 1. The molecule has 0 radical (unpaired) electrons. The van der Waals surface area contributed by atoms with E-state index in [9.17, 15) is 4.79 Å². The molecule has 3 nitrogen and oxygen atoms in total. The molecule has 0 aromatic rings. The van der Waals surface area contributed by atoms with E-state index >= 15 is 0 Å². The molecule has 0 aliphatic carbocycles. The molecular weight excluding hydrogens is 208 g/mol. The van der Waals surface area contributed by atoms with Crippen LogP contribution < -0.4 is 0 Å². The number of aliphatic hydroxyl groups excluding tert-OH is 1. The van der Waals surface area contributed by atoms with E-state index in [4.69, 9.17) is 16.2 Å². The van der Waals surface area contributed by atoms with Crippen molar-refractivity contribution in [3.05, 3.63) is 12.7 Å². The topological polar surface area (TPSA) is 46.5 Å². The number of esters is 1. The minimum Gasteiger partial charge on any atom is -0.460 e. The van der Waals surface area contributed by atoms with Crippen LogP contribution >= 0.6 is 11.1 Å². The van der Waals surface area contributed by atoms with E-state index in [1.807, 2.05) is 0 Å². The Balaban J connectivity index is 0. The molecule has 13 heavy (non-hydrogen) atoms. The fourth-order valence-corrected chi connectivity index (χ4v) is 0.205. The van der Waals surface area contributed by atoms with Gasteiger partial charge in [-0.25, -0.2) is 4.79 Å². The predicted molar refractivity (Wildman–Crippen MR) is 57.4 cm³/mol. The van der Waals surface area contributed by atoms with E-state index in [0.29, 0.717) is 0 Å². The average molecular weight is 225 g/mol. The number of aliphatic hydroxyl groups is 1. The van der Waals surface area contributed by atoms with Gasteiger partial charge in [0.05, 0.1) is 6.61 Å². The van der Waals surface area contributed by atoms with Crippen LogP contribution in [0.4, 0.5) is 0 Å². The molecule has 78 valence electrons. The summed E-state index contributed by atoms with van der Waals surface area (Å²) < 4.78 is 4.33. The van der Waals surface area contributed by atoms with E-state index in [-0.39, 0.29) is 13.2 Å². The van der Waals surface area contributed by atoms with Gasteiger partial charge < -0.3 is 9.84 Å². The molecule has 0 aliphatic heterocycles. The number of carbonyl (C=O) groups excluding carboxylic acids is 1. The van der Waals surface area contributed by atoms with Crippen LogP contribution in [0.25, 0.3) is 0 Å². The first-order valence-electron chi connectivity index (χ1n) is 3.90. The lowest BCUT2D eigenvalue weighted by Crippen LogP contribution is -2.06. The largest absolute Gasteiger partial charge is 0.460 e. The fourth-order valence-electron chi connectivity index (χ4n) is 0.205. The number of hydrogen-bond donors (Lipinski definition) is 1. The Kier molecular flexibility index (Phi) is 9.66. The predicted octanol–water partition coefficient (Wildman–Crippen LogP) is 1.77. The maximum atomic E-state index is 10.1. The fraction of sp³-hybridized carbons (Fsp3) is 0.625. The van der Waals surface area contributed by atoms with E-state index in [2.05, 4.69) is 31.0 Å². The highest BCUT2D eigenvalue weighted by Crippen LogP contribution is 2.03. The minimum atomic E-state index is -1.14. The Morgan fingerprint density at radius 1 is 1.62 bits per heavy atom. The van der Waals surface area contributed by atoms with Crippen molar-refractivity contribution >= 4 is 24.4 Å². The summed E-state index contributed by atoms with van der Waals surface area (Å²) in [4.78, 5) is 10.1. The van der Waals surface area contributed by atoms with Gasteiger partial charge >= 0.3 is 5.97 Å². The normalized spacial score (nSPS) is 9.62. The Morgan fingerprint density at radius 2 is 2.00 bits per heavy atom. The standard InChI is InChI=1S/C5H8O3.C3H9ClSi/c1-2-5(7)8-4-3-6;1-5(2,3)4/h2,6H,1,3-4H2;1-3H3. The van der Waals surface area contributed by atoms with Crippen LogP contribution in [0, 0.1) is 0 Å². The minimum absolute atomic E-state index is 0.0465. The zero-order chi connectivity index (χ0) is 10.9. The highest BCUT2D eigenvalue weighted by Gasteiger charge is 2.04. The zero-order valence-electron chi connectivity index (χ0n) is 8.34. The second kappa shape index (κ2) is 8.28. The van der Waals surface area contributed by atoms with E-state index < -0.39 is 13.4 Å². The van der Waals surface area contributed by atoms with Gasteiger partial charge in [0.2, 0.25) is 0 Å². The molecule has 0 amide bonds. The molecular formula is C8H17ClO3Si. The number of ether oxygens (including phenoxy) is 1. The van der Waals surface area contributed by atoms with Crippen molar-refractivity contribution in [2.24, 2.45) is 0 Å². The number of rotatable bonds is 3. The van der Waals surface area contributed by atoms with Crippen molar-refractivity contribution in [1.82, 2.24) is 0 Å². The number of hydrogen-bond acceptors (Lipinski definition) is 3. The molecule has 0 saturated heterocycles. The molecule has 0 atom stereocenters. The van der Waals surface area contributed by atoms with Crippen molar-refractivity contribution in [3.8, 4) is 0 Å². The van der Waals surface area contributed by atoms with Crippen LogP contribution in [0.2, 0.25) is 19.6 Å². The third-order valence-corrected chi connectivity index (χ3v) is 0.502. The summed E-state index contributed by atoms with van der Waals surface area (Å²) >= 11 is 5.67. The first-order chi connectivity index (χ1) is 5.81. The van der Waals surface area contributed by atoms with Gasteiger partial charge in [0, 0.05) is 6.08 Å². The first kappa shape index (κ1) is 15.2. The van der Waals surface area contributed by atoms with Gasteiger partial charge in [0.15, 0.2) is 0 Å². The monoisotopic (exact) mass is 224 g/mol. The molecule has 0 rings (SSSR count). The van der Waals surface area contributed by atoms with Crippen LogP contribution in [-0.2, 0) is 9.53 Å². The maximum absolute atomic E-state index is 10.1. The first-order valence-corrected chi connectivity index (χ1v) is 8.41. The summed E-state index contributed by atoms with van der Waals surface area (Å²) in [6.07, 6.45) is 1.05. The highest BCUT2D eigenvalue weighted by atomic mass is 35.6. The Hall–Kier alpha value is -0.323. The van der Waals surface area contributed by atoms with E-state index in [1.54, 1.807) is 0 Å². The summed E-state index contributed by atoms with van der Waals surface area (Å²) in [5, 5.41) is 8.10. The molecule has 0 aromatic carbocycles. The quantitative estimate of drug-likeness (QED) is 0.344. The Morgan fingerprint density at radius 3 is 2.23 bits per heavy atom. The average Bonchev–Trinajstić information content (AvgIpc) is 1.97. The van der Waals surface area contributed by atoms with Gasteiger partial charge in [0.1, 0.15) is 14.0 Å². The zero-order valence-corrected chi connectivity index (χ0v) is 10.1.